The van der Waals surface area contributed by atoms with Crippen LogP contribution in [0.4, 0.5) is 5.69 Å². The van der Waals surface area contributed by atoms with E-state index in [0.29, 0.717) is 17.4 Å². The number of pyridine rings is 1. The monoisotopic (exact) mass is 397 g/mol. The number of nitrogens with zero attached hydrogens (tertiary/aromatic N) is 4. The van der Waals surface area contributed by atoms with Gasteiger partial charge in [0.1, 0.15) is 5.69 Å². The molecule has 1 aromatic carbocycles. The SMILES string of the molecule is Cc1cc(C)n(-c2ccc(Cl)c(C(=O)NCCCN(C)c3ccccc3)n2)n1. The van der Waals surface area contributed by atoms with Gasteiger partial charge >= 0.3 is 0 Å². The number of hydrogen-bond acceptors (Lipinski definition) is 4. The fraction of sp³-hybridized carbons (Fsp3) is 0.286. The minimum atomic E-state index is -0.282. The van der Waals surface area contributed by atoms with Crippen LogP contribution in [0.3, 0.4) is 0 Å². The van der Waals surface area contributed by atoms with E-state index in [0.717, 1.165) is 30.0 Å². The maximum Gasteiger partial charge on any atom is 0.271 e. The van der Waals surface area contributed by atoms with Crippen molar-refractivity contribution >= 4 is 23.2 Å². The molecule has 0 bridgehead atoms. The van der Waals surface area contributed by atoms with Crippen molar-refractivity contribution in [2.45, 2.75) is 20.3 Å². The highest BCUT2D eigenvalue weighted by atomic mass is 35.5. The van der Waals surface area contributed by atoms with Crippen LogP contribution in [0.5, 0.6) is 0 Å². The summed E-state index contributed by atoms with van der Waals surface area (Å²) in [7, 11) is 2.04. The van der Waals surface area contributed by atoms with Gasteiger partial charge in [-0.2, -0.15) is 5.10 Å². The normalized spacial score (nSPS) is 10.7. The molecule has 3 aromatic rings. The van der Waals surface area contributed by atoms with Gasteiger partial charge in [-0.1, -0.05) is 29.8 Å². The number of para-hydroxylation sites is 1. The highest BCUT2D eigenvalue weighted by molar-refractivity contribution is 6.33. The summed E-state index contributed by atoms with van der Waals surface area (Å²) in [5, 5.41) is 7.63. The third kappa shape index (κ3) is 4.70. The third-order valence-electron chi connectivity index (χ3n) is 4.43. The molecule has 0 aliphatic rings. The summed E-state index contributed by atoms with van der Waals surface area (Å²) in [5.41, 5.74) is 3.20. The summed E-state index contributed by atoms with van der Waals surface area (Å²) in [6.07, 6.45) is 0.811. The fourth-order valence-corrected chi connectivity index (χ4v) is 3.17. The number of hydrogen-bond donors (Lipinski definition) is 1. The topological polar surface area (TPSA) is 63.1 Å². The number of anilines is 1. The molecule has 6 nitrogen and oxygen atoms in total. The quantitative estimate of drug-likeness (QED) is 0.616. The van der Waals surface area contributed by atoms with Crippen molar-refractivity contribution in [3.05, 3.63) is 70.6 Å². The lowest BCUT2D eigenvalue weighted by Crippen LogP contribution is -2.29. The largest absolute Gasteiger partial charge is 0.375 e. The van der Waals surface area contributed by atoms with Crippen LogP contribution in [-0.2, 0) is 0 Å². The molecule has 7 heteroatoms. The first-order valence-electron chi connectivity index (χ1n) is 9.20. The van der Waals surface area contributed by atoms with Crippen LogP contribution in [0.15, 0.2) is 48.5 Å². The molecule has 0 aliphatic heterocycles. The van der Waals surface area contributed by atoms with Crippen molar-refractivity contribution in [2.75, 3.05) is 25.0 Å². The Labute approximate surface area is 170 Å². The number of aromatic nitrogens is 3. The van der Waals surface area contributed by atoms with Gasteiger partial charge in [0.05, 0.1) is 10.7 Å². The van der Waals surface area contributed by atoms with Crippen LogP contribution in [0, 0.1) is 13.8 Å². The Morgan fingerprint density at radius 1 is 1.18 bits per heavy atom. The predicted molar refractivity (Wildman–Crippen MR) is 113 cm³/mol. The molecule has 0 spiro atoms. The Morgan fingerprint density at radius 3 is 2.61 bits per heavy atom. The second-order valence-electron chi connectivity index (χ2n) is 6.71. The smallest absolute Gasteiger partial charge is 0.271 e. The first kappa shape index (κ1) is 19.9. The second-order valence-corrected chi connectivity index (χ2v) is 7.11. The molecule has 0 saturated carbocycles. The van der Waals surface area contributed by atoms with Gasteiger partial charge in [0.15, 0.2) is 5.82 Å². The van der Waals surface area contributed by atoms with E-state index in [1.54, 1.807) is 16.8 Å². The van der Waals surface area contributed by atoms with E-state index in [2.05, 4.69) is 32.4 Å². The highest BCUT2D eigenvalue weighted by Gasteiger charge is 2.15. The molecule has 2 aromatic heterocycles. The Balaban J connectivity index is 1.60. The van der Waals surface area contributed by atoms with Gasteiger partial charge < -0.3 is 10.2 Å². The molecule has 2 heterocycles. The van der Waals surface area contributed by atoms with Crippen molar-refractivity contribution in [1.82, 2.24) is 20.1 Å². The maximum atomic E-state index is 12.6. The molecule has 3 rings (SSSR count). The molecule has 0 radical (unpaired) electrons. The molecule has 1 N–H and O–H groups in total. The van der Waals surface area contributed by atoms with Crippen molar-refractivity contribution < 1.29 is 4.79 Å². The van der Waals surface area contributed by atoms with E-state index in [9.17, 15) is 4.79 Å². The lowest BCUT2D eigenvalue weighted by atomic mass is 10.2. The Kier molecular flexibility index (Phi) is 6.31. The summed E-state index contributed by atoms with van der Waals surface area (Å²) in [5.74, 6) is 0.291. The Morgan fingerprint density at radius 2 is 1.93 bits per heavy atom. The van der Waals surface area contributed by atoms with Crippen LogP contribution in [-0.4, -0.2) is 40.8 Å². The molecule has 0 fully saturated rings. The number of carbonyl (C=O) groups is 1. The van der Waals surface area contributed by atoms with E-state index >= 15 is 0 Å². The third-order valence-corrected chi connectivity index (χ3v) is 4.73. The molecule has 146 valence electrons. The zero-order chi connectivity index (χ0) is 20.1. The minimum Gasteiger partial charge on any atom is -0.375 e. The summed E-state index contributed by atoms with van der Waals surface area (Å²) in [6, 6.07) is 15.5. The maximum absolute atomic E-state index is 12.6. The van der Waals surface area contributed by atoms with Crippen LogP contribution < -0.4 is 10.2 Å². The van der Waals surface area contributed by atoms with Crippen molar-refractivity contribution in [3.8, 4) is 5.82 Å². The van der Waals surface area contributed by atoms with Gasteiger partial charge in [-0.25, -0.2) is 9.67 Å². The van der Waals surface area contributed by atoms with Crippen LogP contribution in [0.25, 0.3) is 5.82 Å². The molecule has 0 atom stereocenters. The molecule has 0 saturated heterocycles. The average Bonchev–Trinajstić information content (AvgIpc) is 3.04. The number of carbonyl (C=O) groups excluding carboxylic acids is 1. The molecule has 28 heavy (non-hydrogen) atoms. The highest BCUT2D eigenvalue weighted by Crippen LogP contribution is 2.18. The van der Waals surface area contributed by atoms with Gasteiger partial charge in [-0.05, 0) is 50.6 Å². The molecule has 0 aliphatic carbocycles. The standard InChI is InChI=1S/C21H24ClN5O/c1-15-14-16(2)27(25-15)19-11-10-18(22)20(24-19)21(28)23-12-7-13-26(3)17-8-5-4-6-9-17/h4-6,8-11,14H,7,12-13H2,1-3H3,(H,23,28). The van der Waals surface area contributed by atoms with Crippen molar-refractivity contribution in [1.29, 1.82) is 0 Å². The van der Waals surface area contributed by atoms with Crippen LogP contribution in [0.1, 0.15) is 28.3 Å². The lowest BCUT2D eigenvalue weighted by molar-refractivity contribution is 0.0948. The Bertz CT molecular complexity index is 955. The van der Waals surface area contributed by atoms with Crippen molar-refractivity contribution in [3.63, 3.8) is 0 Å². The van der Waals surface area contributed by atoms with E-state index in [1.165, 1.54) is 0 Å². The van der Waals surface area contributed by atoms with Gasteiger partial charge in [0, 0.05) is 31.5 Å². The fourth-order valence-electron chi connectivity index (χ4n) is 2.98. The summed E-state index contributed by atoms with van der Waals surface area (Å²) in [6.45, 7) is 5.23. The van der Waals surface area contributed by atoms with E-state index in [4.69, 9.17) is 11.6 Å². The molecule has 1 amide bonds. The Hall–Kier alpha value is -2.86. The minimum absolute atomic E-state index is 0.211. The van der Waals surface area contributed by atoms with E-state index in [1.807, 2.05) is 45.2 Å². The first-order chi connectivity index (χ1) is 13.5. The zero-order valence-electron chi connectivity index (χ0n) is 16.3. The van der Waals surface area contributed by atoms with Crippen LogP contribution in [0.2, 0.25) is 5.02 Å². The number of amides is 1. The van der Waals surface area contributed by atoms with Gasteiger partial charge in [0.2, 0.25) is 0 Å². The molecular formula is C21H24ClN5O. The lowest BCUT2D eigenvalue weighted by Gasteiger charge is -2.19. The second kappa shape index (κ2) is 8.89. The number of aryl methyl sites for hydroxylation is 2. The van der Waals surface area contributed by atoms with Gasteiger partial charge in [-0.15, -0.1) is 0 Å². The first-order valence-corrected chi connectivity index (χ1v) is 9.58. The number of halogens is 1. The van der Waals surface area contributed by atoms with Crippen LogP contribution >= 0.6 is 11.6 Å². The average molecular weight is 398 g/mol. The number of rotatable bonds is 7. The number of nitrogens with one attached hydrogen (secondary N) is 1. The molecular weight excluding hydrogens is 374 g/mol. The zero-order valence-corrected chi connectivity index (χ0v) is 17.1. The predicted octanol–water partition coefficient (Wildman–Crippen LogP) is 3.79. The van der Waals surface area contributed by atoms with E-state index in [-0.39, 0.29) is 11.6 Å². The van der Waals surface area contributed by atoms with E-state index < -0.39 is 0 Å². The van der Waals surface area contributed by atoms with Gasteiger partial charge in [0.25, 0.3) is 5.91 Å². The van der Waals surface area contributed by atoms with Crippen molar-refractivity contribution in [2.24, 2.45) is 0 Å². The molecule has 0 unspecified atom stereocenters. The summed E-state index contributed by atoms with van der Waals surface area (Å²) < 4.78 is 1.71. The van der Waals surface area contributed by atoms with Gasteiger partial charge in [-0.3, -0.25) is 4.79 Å². The summed E-state index contributed by atoms with van der Waals surface area (Å²) >= 11 is 6.21. The number of benzene rings is 1. The summed E-state index contributed by atoms with van der Waals surface area (Å²) in [4.78, 5) is 19.1.